The number of para-hydroxylation sites is 1. The highest BCUT2D eigenvalue weighted by atomic mass is 19.4. The lowest BCUT2D eigenvalue weighted by atomic mass is 10.1. The van der Waals surface area contributed by atoms with Gasteiger partial charge in [-0.1, -0.05) is 30.3 Å². The van der Waals surface area contributed by atoms with E-state index >= 15 is 0 Å². The fourth-order valence-electron chi connectivity index (χ4n) is 3.28. The molecular weight excluding hydrogens is 337 g/mol. The molecule has 0 N–H and O–H groups in total. The zero-order valence-electron chi connectivity index (χ0n) is 15.1. The van der Waals surface area contributed by atoms with Gasteiger partial charge in [-0.2, -0.15) is 13.2 Å². The standard InChI is InChI=1S/C21H23F3N2/c1-25(2)12-6-8-17-15-26(20-11-4-3-10-19(17)20)14-16-7-5-9-18(13-16)21(22,23)24/h3-5,7,9-11,13,15H,6,8,12,14H2,1-2H3. The molecule has 0 radical (unpaired) electrons. The van der Waals surface area contributed by atoms with Gasteiger partial charge in [-0.05, 0) is 62.8 Å². The van der Waals surface area contributed by atoms with E-state index in [1.165, 1.54) is 23.1 Å². The SMILES string of the molecule is CN(C)CCCc1cn(Cc2cccc(C(F)(F)F)c2)c2ccccc12. The maximum atomic E-state index is 13.0. The predicted octanol–water partition coefficient (Wildman–Crippen LogP) is 5.20. The van der Waals surface area contributed by atoms with Gasteiger partial charge in [0.15, 0.2) is 0 Å². The molecule has 0 aliphatic heterocycles. The van der Waals surface area contributed by atoms with Gasteiger partial charge in [-0.25, -0.2) is 0 Å². The number of nitrogens with zero attached hydrogens (tertiary/aromatic N) is 2. The van der Waals surface area contributed by atoms with Crippen molar-refractivity contribution in [2.45, 2.75) is 25.6 Å². The topological polar surface area (TPSA) is 8.17 Å². The average Bonchev–Trinajstić information content (AvgIpc) is 2.92. The van der Waals surface area contributed by atoms with Crippen LogP contribution in [0.25, 0.3) is 10.9 Å². The van der Waals surface area contributed by atoms with Gasteiger partial charge >= 0.3 is 6.18 Å². The van der Waals surface area contributed by atoms with Crippen LogP contribution in [-0.4, -0.2) is 30.1 Å². The molecule has 0 saturated carbocycles. The summed E-state index contributed by atoms with van der Waals surface area (Å²) < 4.78 is 40.9. The Balaban J connectivity index is 1.88. The van der Waals surface area contributed by atoms with Gasteiger partial charge in [0.25, 0.3) is 0 Å². The molecule has 2 aromatic carbocycles. The van der Waals surface area contributed by atoms with Gasteiger partial charge in [-0.15, -0.1) is 0 Å². The number of benzene rings is 2. The summed E-state index contributed by atoms with van der Waals surface area (Å²) in [6.45, 7) is 1.44. The van der Waals surface area contributed by atoms with Crippen LogP contribution in [0.5, 0.6) is 0 Å². The molecule has 2 nitrogen and oxygen atoms in total. The molecule has 138 valence electrons. The molecular formula is C21H23F3N2. The van der Waals surface area contributed by atoms with Crippen LogP contribution < -0.4 is 0 Å². The molecule has 3 rings (SSSR count). The molecule has 1 heterocycles. The zero-order valence-corrected chi connectivity index (χ0v) is 15.1. The molecule has 0 fully saturated rings. The van der Waals surface area contributed by atoms with Gasteiger partial charge in [0.2, 0.25) is 0 Å². The van der Waals surface area contributed by atoms with Crippen LogP contribution in [0.1, 0.15) is 23.1 Å². The third-order valence-electron chi connectivity index (χ3n) is 4.53. The Morgan fingerprint density at radius 3 is 2.50 bits per heavy atom. The number of aromatic nitrogens is 1. The Hall–Kier alpha value is -2.27. The van der Waals surface area contributed by atoms with E-state index < -0.39 is 11.7 Å². The summed E-state index contributed by atoms with van der Waals surface area (Å²) in [6, 6.07) is 13.7. The minimum atomic E-state index is -4.31. The van der Waals surface area contributed by atoms with Crippen molar-refractivity contribution in [2.75, 3.05) is 20.6 Å². The number of fused-ring (bicyclic) bond motifs is 1. The van der Waals surface area contributed by atoms with Crippen LogP contribution in [0.15, 0.2) is 54.7 Å². The molecule has 0 aliphatic carbocycles. The summed E-state index contributed by atoms with van der Waals surface area (Å²) in [5.74, 6) is 0. The fourth-order valence-corrected chi connectivity index (χ4v) is 3.28. The first-order valence-corrected chi connectivity index (χ1v) is 8.72. The summed E-state index contributed by atoms with van der Waals surface area (Å²) in [7, 11) is 4.10. The maximum Gasteiger partial charge on any atom is 0.416 e. The van der Waals surface area contributed by atoms with Crippen molar-refractivity contribution in [1.29, 1.82) is 0 Å². The van der Waals surface area contributed by atoms with Gasteiger partial charge in [0, 0.05) is 23.6 Å². The number of hydrogen-bond donors (Lipinski definition) is 0. The Labute approximate surface area is 151 Å². The minimum Gasteiger partial charge on any atom is -0.343 e. The molecule has 0 bridgehead atoms. The smallest absolute Gasteiger partial charge is 0.343 e. The van der Waals surface area contributed by atoms with Gasteiger partial charge in [-0.3, -0.25) is 0 Å². The summed E-state index contributed by atoms with van der Waals surface area (Å²) in [5, 5.41) is 1.18. The lowest BCUT2D eigenvalue weighted by Gasteiger charge is -2.10. The van der Waals surface area contributed by atoms with Crippen LogP contribution in [0, 0.1) is 0 Å². The lowest BCUT2D eigenvalue weighted by Crippen LogP contribution is -2.13. The second-order valence-corrected chi connectivity index (χ2v) is 6.90. The third kappa shape index (κ3) is 4.28. The number of halogens is 3. The highest BCUT2D eigenvalue weighted by Crippen LogP contribution is 2.30. The monoisotopic (exact) mass is 360 g/mol. The van der Waals surface area contributed by atoms with Crippen LogP contribution >= 0.6 is 0 Å². The second-order valence-electron chi connectivity index (χ2n) is 6.90. The third-order valence-corrected chi connectivity index (χ3v) is 4.53. The van der Waals surface area contributed by atoms with Crippen molar-refractivity contribution >= 4 is 10.9 Å². The Bertz CT molecular complexity index is 878. The van der Waals surface area contributed by atoms with Crippen molar-refractivity contribution in [1.82, 2.24) is 9.47 Å². The molecule has 0 spiro atoms. The summed E-state index contributed by atoms with van der Waals surface area (Å²) in [4.78, 5) is 2.15. The lowest BCUT2D eigenvalue weighted by molar-refractivity contribution is -0.137. The molecule has 26 heavy (non-hydrogen) atoms. The van der Waals surface area contributed by atoms with E-state index in [1.54, 1.807) is 6.07 Å². The average molecular weight is 360 g/mol. The summed E-state index contributed by atoms with van der Waals surface area (Å²) in [6.07, 6.45) is -0.231. The maximum absolute atomic E-state index is 13.0. The second kappa shape index (κ2) is 7.54. The molecule has 0 amide bonds. The molecule has 0 unspecified atom stereocenters. The summed E-state index contributed by atoms with van der Waals surface area (Å²) in [5.41, 5.74) is 2.36. The van der Waals surface area contributed by atoms with Crippen molar-refractivity contribution in [3.05, 3.63) is 71.4 Å². The molecule has 5 heteroatoms. The Morgan fingerprint density at radius 1 is 1.00 bits per heavy atom. The molecule has 0 aliphatic rings. The van der Waals surface area contributed by atoms with E-state index in [0.29, 0.717) is 12.1 Å². The van der Waals surface area contributed by atoms with E-state index in [2.05, 4.69) is 35.8 Å². The minimum absolute atomic E-state index is 0.429. The van der Waals surface area contributed by atoms with Gasteiger partial charge in [0.1, 0.15) is 0 Å². The molecule has 1 aromatic heterocycles. The fraction of sp³-hybridized carbons (Fsp3) is 0.333. The first-order valence-electron chi connectivity index (χ1n) is 8.72. The van der Waals surface area contributed by atoms with Crippen molar-refractivity contribution in [3.8, 4) is 0 Å². The van der Waals surface area contributed by atoms with Gasteiger partial charge in [0.05, 0.1) is 5.56 Å². The largest absolute Gasteiger partial charge is 0.416 e. The van der Waals surface area contributed by atoms with E-state index in [0.717, 1.165) is 31.0 Å². The number of rotatable bonds is 6. The first-order chi connectivity index (χ1) is 12.3. The van der Waals surface area contributed by atoms with E-state index in [1.807, 2.05) is 18.2 Å². The van der Waals surface area contributed by atoms with Crippen molar-refractivity contribution in [2.24, 2.45) is 0 Å². The quantitative estimate of drug-likeness (QED) is 0.586. The number of alkyl halides is 3. The highest BCUT2D eigenvalue weighted by molar-refractivity contribution is 5.84. The molecule has 0 atom stereocenters. The van der Waals surface area contributed by atoms with E-state index in [9.17, 15) is 13.2 Å². The van der Waals surface area contributed by atoms with Crippen molar-refractivity contribution < 1.29 is 13.2 Å². The van der Waals surface area contributed by atoms with Crippen LogP contribution in [0.3, 0.4) is 0 Å². The highest BCUT2D eigenvalue weighted by Gasteiger charge is 2.30. The van der Waals surface area contributed by atoms with Crippen LogP contribution in [-0.2, 0) is 19.1 Å². The Kier molecular flexibility index (Phi) is 5.37. The zero-order chi connectivity index (χ0) is 18.7. The molecule has 0 saturated heterocycles. The van der Waals surface area contributed by atoms with E-state index in [-0.39, 0.29) is 0 Å². The van der Waals surface area contributed by atoms with Crippen LogP contribution in [0.4, 0.5) is 13.2 Å². The number of hydrogen-bond acceptors (Lipinski definition) is 1. The van der Waals surface area contributed by atoms with E-state index in [4.69, 9.17) is 0 Å². The van der Waals surface area contributed by atoms with Gasteiger partial charge < -0.3 is 9.47 Å². The molecule has 3 aromatic rings. The predicted molar refractivity (Wildman–Crippen MR) is 99.4 cm³/mol. The van der Waals surface area contributed by atoms with Crippen LogP contribution in [0.2, 0.25) is 0 Å². The Morgan fingerprint density at radius 2 is 1.77 bits per heavy atom. The first kappa shape index (κ1) is 18.5. The number of aryl methyl sites for hydroxylation is 1. The van der Waals surface area contributed by atoms with Crippen molar-refractivity contribution in [3.63, 3.8) is 0 Å². The normalized spacial score (nSPS) is 12.2. The summed E-state index contributed by atoms with van der Waals surface area (Å²) >= 11 is 0.